The van der Waals surface area contributed by atoms with Crippen molar-refractivity contribution in [2.24, 2.45) is 0 Å². The molecule has 104 valence electrons. The Morgan fingerprint density at radius 3 is 2.89 bits per heavy atom. The highest BCUT2D eigenvalue weighted by Gasteiger charge is 2.01. The molecule has 0 saturated heterocycles. The normalized spacial score (nSPS) is 11.3. The van der Waals surface area contributed by atoms with Crippen LogP contribution in [-0.4, -0.2) is 47.7 Å². The Hall–Kier alpha value is -0.980. The highest BCUT2D eigenvalue weighted by Crippen LogP contribution is 1.94. The van der Waals surface area contributed by atoms with E-state index in [1.54, 1.807) is 13.4 Å². The highest BCUT2D eigenvalue weighted by molar-refractivity contribution is 4.81. The maximum absolute atomic E-state index is 5.38. The Balaban J connectivity index is 2.11. The molecule has 0 aliphatic heterocycles. The van der Waals surface area contributed by atoms with Crippen molar-refractivity contribution in [2.45, 2.75) is 39.4 Å². The van der Waals surface area contributed by atoms with Crippen LogP contribution in [0.1, 0.15) is 26.1 Å². The first-order valence-corrected chi connectivity index (χ1v) is 6.40. The molecule has 6 heteroatoms. The quantitative estimate of drug-likeness (QED) is 0.628. The number of hydrogen-bond donors (Lipinski definition) is 1. The van der Waals surface area contributed by atoms with Crippen LogP contribution in [0.3, 0.4) is 0 Å². The van der Waals surface area contributed by atoms with Crippen LogP contribution in [0, 0.1) is 0 Å². The topological polar surface area (TPSA) is 61.2 Å². The number of ether oxygens (including phenoxy) is 2. The zero-order valence-corrected chi connectivity index (χ0v) is 11.6. The maximum atomic E-state index is 5.38. The van der Waals surface area contributed by atoms with Gasteiger partial charge in [-0.2, -0.15) is 5.10 Å². The summed E-state index contributed by atoms with van der Waals surface area (Å²) in [6.07, 6.45) is 2.70. The molecule has 0 saturated carbocycles. The smallest absolute Gasteiger partial charge is 0.164 e. The summed E-state index contributed by atoms with van der Waals surface area (Å²) in [5.41, 5.74) is 0. The number of nitrogens with one attached hydrogen (secondary N) is 1. The standard InChI is InChI=1S/C12H24N4O2/c1-11(2)13-9-12-14-10-16(15-12)5-4-6-18-8-7-17-3/h10-11,13H,4-9H2,1-3H3. The molecule has 1 heterocycles. The minimum absolute atomic E-state index is 0.450. The van der Waals surface area contributed by atoms with Gasteiger partial charge in [0.2, 0.25) is 0 Å². The summed E-state index contributed by atoms with van der Waals surface area (Å²) in [6.45, 7) is 7.79. The number of rotatable bonds is 10. The van der Waals surface area contributed by atoms with E-state index in [2.05, 4.69) is 29.2 Å². The summed E-state index contributed by atoms with van der Waals surface area (Å²) >= 11 is 0. The van der Waals surface area contributed by atoms with Crippen molar-refractivity contribution in [3.63, 3.8) is 0 Å². The van der Waals surface area contributed by atoms with Gasteiger partial charge in [-0.15, -0.1) is 0 Å². The number of aromatic nitrogens is 3. The number of nitrogens with zero attached hydrogens (tertiary/aromatic N) is 3. The van der Waals surface area contributed by atoms with E-state index in [-0.39, 0.29) is 0 Å². The van der Waals surface area contributed by atoms with E-state index < -0.39 is 0 Å². The predicted octanol–water partition coefficient (Wildman–Crippen LogP) is 0.829. The summed E-state index contributed by atoms with van der Waals surface area (Å²) in [7, 11) is 1.67. The second kappa shape index (κ2) is 9.02. The lowest BCUT2D eigenvalue weighted by Gasteiger charge is -2.04. The molecule has 0 spiro atoms. The van der Waals surface area contributed by atoms with Gasteiger partial charge in [-0.25, -0.2) is 4.98 Å². The van der Waals surface area contributed by atoms with Gasteiger partial charge in [-0.1, -0.05) is 13.8 Å². The van der Waals surface area contributed by atoms with Crippen molar-refractivity contribution in [3.05, 3.63) is 12.2 Å². The lowest BCUT2D eigenvalue weighted by atomic mass is 10.4. The van der Waals surface area contributed by atoms with Crippen molar-refractivity contribution in [3.8, 4) is 0 Å². The molecule has 0 amide bonds. The van der Waals surface area contributed by atoms with Gasteiger partial charge in [0.15, 0.2) is 5.82 Å². The van der Waals surface area contributed by atoms with Gasteiger partial charge in [0, 0.05) is 26.3 Å². The fourth-order valence-corrected chi connectivity index (χ4v) is 1.39. The van der Waals surface area contributed by atoms with E-state index in [0.717, 1.165) is 31.9 Å². The molecule has 0 aliphatic carbocycles. The summed E-state index contributed by atoms with van der Waals surface area (Å²) in [6, 6.07) is 0.450. The SMILES string of the molecule is COCCOCCCn1cnc(CNC(C)C)n1. The third-order valence-electron chi connectivity index (χ3n) is 2.36. The van der Waals surface area contributed by atoms with Gasteiger partial charge >= 0.3 is 0 Å². The second-order valence-corrected chi connectivity index (χ2v) is 4.42. The molecule has 0 radical (unpaired) electrons. The maximum Gasteiger partial charge on any atom is 0.164 e. The number of hydrogen-bond acceptors (Lipinski definition) is 5. The summed E-state index contributed by atoms with van der Waals surface area (Å²) in [5, 5.41) is 7.67. The van der Waals surface area contributed by atoms with Gasteiger partial charge in [0.1, 0.15) is 6.33 Å². The molecule has 6 nitrogen and oxygen atoms in total. The Kier molecular flexibility index (Phi) is 7.55. The number of methoxy groups -OCH3 is 1. The molecule has 0 bridgehead atoms. The zero-order valence-electron chi connectivity index (χ0n) is 11.6. The van der Waals surface area contributed by atoms with E-state index in [1.807, 2.05) is 4.68 Å². The molecule has 1 aromatic rings. The summed E-state index contributed by atoms with van der Waals surface area (Å²) in [4.78, 5) is 4.25. The van der Waals surface area contributed by atoms with E-state index in [1.165, 1.54) is 0 Å². The Morgan fingerprint density at radius 2 is 2.17 bits per heavy atom. The molecule has 0 fully saturated rings. The molecule has 1 N–H and O–H groups in total. The average molecular weight is 256 g/mol. The van der Waals surface area contributed by atoms with Crippen molar-refractivity contribution in [1.29, 1.82) is 0 Å². The fourth-order valence-electron chi connectivity index (χ4n) is 1.39. The van der Waals surface area contributed by atoms with Crippen molar-refractivity contribution in [2.75, 3.05) is 26.9 Å². The van der Waals surface area contributed by atoms with E-state index >= 15 is 0 Å². The number of aryl methyl sites for hydroxylation is 1. The Labute approximate surface area is 109 Å². The van der Waals surface area contributed by atoms with Crippen LogP contribution in [0.2, 0.25) is 0 Å². The minimum atomic E-state index is 0.450. The zero-order chi connectivity index (χ0) is 13.2. The van der Waals surface area contributed by atoms with Crippen LogP contribution in [0.25, 0.3) is 0 Å². The monoisotopic (exact) mass is 256 g/mol. The summed E-state index contributed by atoms with van der Waals surface area (Å²) in [5.74, 6) is 0.837. The Bertz CT molecular complexity index is 315. The van der Waals surface area contributed by atoms with Crippen molar-refractivity contribution >= 4 is 0 Å². The average Bonchev–Trinajstić information content (AvgIpc) is 2.79. The van der Waals surface area contributed by atoms with E-state index in [4.69, 9.17) is 9.47 Å². The predicted molar refractivity (Wildman–Crippen MR) is 69.3 cm³/mol. The van der Waals surface area contributed by atoms with Crippen LogP contribution in [-0.2, 0) is 22.6 Å². The molecular weight excluding hydrogens is 232 g/mol. The molecule has 18 heavy (non-hydrogen) atoms. The molecule has 0 aromatic carbocycles. The minimum Gasteiger partial charge on any atom is -0.382 e. The second-order valence-electron chi connectivity index (χ2n) is 4.42. The first-order valence-electron chi connectivity index (χ1n) is 6.40. The largest absolute Gasteiger partial charge is 0.382 e. The lowest BCUT2D eigenvalue weighted by molar-refractivity contribution is 0.0677. The van der Waals surface area contributed by atoms with Crippen LogP contribution >= 0.6 is 0 Å². The van der Waals surface area contributed by atoms with Gasteiger partial charge in [0.25, 0.3) is 0 Å². The molecule has 1 rings (SSSR count). The lowest BCUT2D eigenvalue weighted by Crippen LogP contribution is -2.22. The molecular formula is C12H24N4O2. The highest BCUT2D eigenvalue weighted by atomic mass is 16.5. The summed E-state index contributed by atoms with van der Waals surface area (Å²) < 4.78 is 12.1. The third-order valence-corrected chi connectivity index (χ3v) is 2.36. The van der Waals surface area contributed by atoms with Gasteiger partial charge in [-0.05, 0) is 6.42 Å². The van der Waals surface area contributed by atoms with E-state index in [0.29, 0.717) is 19.3 Å². The molecule has 0 atom stereocenters. The van der Waals surface area contributed by atoms with Crippen LogP contribution in [0.4, 0.5) is 0 Å². The van der Waals surface area contributed by atoms with Crippen LogP contribution < -0.4 is 5.32 Å². The van der Waals surface area contributed by atoms with E-state index in [9.17, 15) is 0 Å². The molecule has 0 aliphatic rings. The van der Waals surface area contributed by atoms with Gasteiger partial charge in [0.05, 0.1) is 19.8 Å². The van der Waals surface area contributed by atoms with Gasteiger partial charge < -0.3 is 14.8 Å². The van der Waals surface area contributed by atoms with Crippen LogP contribution in [0.15, 0.2) is 6.33 Å². The first-order chi connectivity index (χ1) is 8.72. The molecule has 0 unspecified atom stereocenters. The van der Waals surface area contributed by atoms with Crippen molar-refractivity contribution < 1.29 is 9.47 Å². The Morgan fingerprint density at radius 1 is 1.33 bits per heavy atom. The first kappa shape index (κ1) is 15.1. The van der Waals surface area contributed by atoms with Gasteiger partial charge in [-0.3, -0.25) is 4.68 Å². The van der Waals surface area contributed by atoms with Crippen molar-refractivity contribution in [1.82, 2.24) is 20.1 Å². The third kappa shape index (κ3) is 6.68. The molecule has 1 aromatic heterocycles. The van der Waals surface area contributed by atoms with Crippen LogP contribution in [0.5, 0.6) is 0 Å². The fraction of sp³-hybridized carbons (Fsp3) is 0.833.